The van der Waals surface area contributed by atoms with Gasteiger partial charge in [-0.15, -0.1) is 0 Å². The molecule has 31 heavy (non-hydrogen) atoms. The molecule has 0 spiro atoms. The summed E-state index contributed by atoms with van der Waals surface area (Å²) in [6.07, 6.45) is 14.9. The number of hydrogen-bond donors (Lipinski definition) is 1. The zero-order valence-corrected chi connectivity index (χ0v) is 21.4. The number of hydrogen-bond acceptors (Lipinski definition) is 2. The predicted octanol–water partition coefficient (Wildman–Crippen LogP) is 6.83. The summed E-state index contributed by atoms with van der Waals surface area (Å²) in [6.45, 7) is 18.1. The molecule has 2 aliphatic heterocycles. The van der Waals surface area contributed by atoms with Gasteiger partial charge in [-0.05, 0) is 128 Å². The van der Waals surface area contributed by atoms with Gasteiger partial charge in [0.15, 0.2) is 0 Å². The monoisotopic (exact) mass is 427 g/mol. The molecule has 2 bridgehead atoms. The molecule has 4 saturated carbocycles. The minimum absolute atomic E-state index is 0.368. The van der Waals surface area contributed by atoms with E-state index in [9.17, 15) is 0 Å². The van der Waals surface area contributed by atoms with Crippen LogP contribution in [0.3, 0.4) is 0 Å². The lowest BCUT2D eigenvalue weighted by Gasteiger charge is -2.71. The highest BCUT2D eigenvalue weighted by atomic mass is 16.5. The second-order valence-electron chi connectivity index (χ2n) is 14.7. The highest BCUT2D eigenvalue weighted by molar-refractivity contribution is 5.20. The Kier molecular flexibility index (Phi) is 4.52. The maximum Gasteiger partial charge on any atom is 0.0663 e. The van der Waals surface area contributed by atoms with Gasteiger partial charge in [0.2, 0.25) is 0 Å². The van der Waals surface area contributed by atoms with E-state index in [2.05, 4.69) is 46.9 Å². The molecule has 0 aromatic heterocycles. The molecule has 2 saturated heterocycles. The van der Waals surface area contributed by atoms with E-state index in [0.717, 1.165) is 30.3 Å². The van der Waals surface area contributed by atoms with Crippen molar-refractivity contribution in [1.82, 2.24) is 5.32 Å². The zero-order valence-electron chi connectivity index (χ0n) is 21.4. The molecule has 0 radical (unpaired) electrons. The van der Waals surface area contributed by atoms with Gasteiger partial charge in [0.25, 0.3) is 0 Å². The van der Waals surface area contributed by atoms with E-state index in [4.69, 9.17) is 4.74 Å². The number of nitrogens with one attached hydrogen (secondary N) is 1. The second-order valence-corrected chi connectivity index (χ2v) is 14.7. The van der Waals surface area contributed by atoms with Crippen LogP contribution in [0, 0.1) is 50.7 Å². The van der Waals surface area contributed by atoms with E-state index in [0.29, 0.717) is 39.2 Å². The van der Waals surface area contributed by atoms with Gasteiger partial charge in [0, 0.05) is 6.04 Å². The van der Waals surface area contributed by atoms with Crippen LogP contribution in [0.25, 0.3) is 0 Å². The first kappa shape index (κ1) is 21.5. The van der Waals surface area contributed by atoms with Crippen molar-refractivity contribution in [3.8, 4) is 0 Å². The Morgan fingerprint density at radius 1 is 0.774 bits per heavy atom. The Bertz CT molecular complexity index is 747. The van der Waals surface area contributed by atoms with Gasteiger partial charge in [-0.25, -0.2) is 0 Å². The van der Waals surface area contributed by atoms with Crippen molar-refractivity contribution in [2.45, 2.75) is 118 Å². The summed E-state index contributed by atoms with van der Waals surface area (Å²) in [6, 6.07) is 0.695. The SMILES string of the molecule is CC1NCCC[C@]2(C)[C@H]3CC[C@@H]4[C@H]5[C@H]6OC[C@@]5(CCC6(C)C)CC[C@@]4(C)[C@]3(C)CC[C@@H]12. The standard InChI is InChI=1S/C29H49NO/c1-19-20-10-12-28(6)22(26(20,4)11-7-17-30-19)9-8-21-23-24-25(2,3)13-15-29(23,18-31-24)16-14-27(21,28)5/h19-24,30H,7-18H2,1-6H3/t19?,20-,21+,22+,23-,24+,26-,27+,28+,29+/m0/s1. The van der Waals surface area contributed by atoms with E-state index in [1.807, 2.05) is 0 Å². The van der Waals surface area contributed by atoms with E-state index in [1.54, 1.807) is 0 Å². The number of rotatable bonds is 0. The van der Waals surface area contributed by atoms with Crippen LogP contribution in [0.5, 0.6) is 0 Å². The average molecular weight is 428 g/mol. The van der Waals surface area contributed by atoms with Gasteiger partial charge in [-0.2, -0.15) is 0 Å². The molecule has 1 unspecified atom stereocenters. The topological polar surface area (TPSA) is 21.3 Å². The zero-order chi connectivity index (χ0) is 21.9. The lowest BCUT2D eigenvalue weighted by Crippen LogP contribution is -2.66. The third kappa shape index (κ3) is 2.53. The molecule has 0 aromatic carbocycles. The van der Waals surface area contributed by atoms with Crippen LogP contribution in [0.4, 0.5) is 0 Å². The Morgan fingerprint density at radius 3 is 2.35 bits per heavy atom. The predicted molar refractivity (Wildman–Crippen MR) is 128 cm³/mol. The quantitative estimate of drug-likeness (QED) is 0.457. The van der Waals surface area contributed by atoms with Crippen LogP contribution in [0.15, 0.2) is 0 Å². The molecule has 0 aromatic rings. The molecular formula is C29H49NO. The van der Waals surface area contributed by atoms with Crippen molar-refractivity contribution in [2.24, 2.45) is 50.7 Å². The maximum atomic E-state index is 6.72. The Morgan fingerprint density at radius 2 is 1.55 bits per heavy atom. The number of fused-ring (bicyclic) bond motifs is 5. The Balaban J connectivity index is 1.40. The molecule has 176 valence electrons. The Labute approximate surface area is 192 Å². The average Bonchev–Trinajstić information content (AvgIpc) is 2.97. The second kappa shape index (κ2) is 6.53. The fraction of sp³-hybridized carbons (Fsp3) is 1.00. The number of ether oxygens (including phenoxy) is 1. The molecule has 10 atom stereocenters. The smallest absolute Gasteiger partial charge is 0.0663 e. The first-order valence-corrected chi connectivity index (χ1v) is 13.9. The van der Waals surface area contributed by atoms with E-state index < -0.39 is 0 Å². The minimum atomic E-state index is 0.368. The fourth-order valence-electron chi connectivity index (χ4n) is 11.5. The molecule has 6 fully saturated rings. The van der Waals surface area contributed by atoms with Crippen LogP contribution in [-0.4, -0.2) is 25.3 Å². The summed E-state index contributed by atoms with van der Waals surface area (Å²) in [4.78, 5) is 0. The third-order valence-electron chi connectivity index (χ3n) is 13.4. The van der Waals surface area contributed by atoms with Crippen molar-refractivity contribution in [1.29, 1.82) is 0 Å². The minimum Gasteiger partial charge on any atom is -0.377 e. The van der Waals surface area contributed by atoms with Crippen LogP contribution in [0.2, 0.25) is 0 Å². The van der Waals surface area contributed by atoms with Gasteiger partial charge in [0.1, 0.15) is 0 Å². The summed E-state index contributed by atoms with van der Waals surface area (Å²) in [5.41, 5.74) is 2.43. The van der Waals surface area contributed by atoms with Crippen molar-refractivity contribution in [3.05, 3.63) is 0 Å². The maximum absolute atomic E-state index is 6.72. The normalized spacial score (nSPS) is 60.2. The molecule has 2 heteroatoms. The molecule has 1 N–H and O–H groups in total. The van der Waals surface area contributed by atoms with E-state index in [-0.39, 0.29) is 0 Å². The van der Waals surface area contributed by atoms with Gasteiger partial charge in [-0.3, -0.25) is 0 Å². The summed E-state index contributed by atoms with van der Waals surface area (Å²) in [5.74, 6) is 3.49. The lowest BCUT2D eigenvalue weighted by atomic mass is 9.33. The first-order valence-electron chi connectivity index (χ1n) is 13.9. The first-order chi connectivity index (χ1) is 14.6. The van der Waals surface area contributed by atoms with Crippen molar-refractivity contribution in [3.63, 3.8) is 0 Å². The van der Waals surface area contributed by atoms with Crippen molar-refractivity contribution in [2.75, 3.05) is 13.2 Å². The van der Waals surface area contributed by atoms with E-state index >= 15 is 0 Å². The van der Waals surface area contributed by atoms with Crippen LogP contribution >= 0.6 is 0 Å². The Hall–Kier alpha value is -0.0800. The fourth-order valence-corrected chi connectivity index (χ4v) is 11.5. The van der Waals surface area contributed by atoms with Crippen LogP contribution in [0.1, 0.15) is 106 Å². The largest absolute Gasteiger partial charge is 0.377 e. The van der Waals surface area contributed by atoms with Gasteiger partial charge in [0.05, 0.1) is 12.7 Å². The highest BCUT2D eigenvalue weighted by Crippen LogP contribution is 2.76. The molecule has 4 aliphatic carbocycles. The molecule has 2 nitrogen and oxygen atoms in total. The lowest BCUT2D eigenvalue weighted by molar-refractivity contribution is -0.228. The van der Waals surface area contributed by atoms with Gasteiger partial charge in [-0.1, -0.05) is 34.6 Å². The summed E-state index contributed by atoms with van der Waals surface area (Å²) < 4.78 is 6.72. The van der Waals surface area contributed by atoms with Gasteiger partial charge < -0.3 is 10.1 Å². The van der Waals surface area contributed by atoms with Crippen LogP contribution < -0.4 is 5.32 Å². The molecule has 2 heterocycles. The van der Waals surface area contributed by atoms with Crippen molar-refractivity contribution < 1.29 is 4.74 Å². The molecule has 6 aliphatic rings. The molecule has 0 amide bonds. The van der Waals surface area contributed by atoms with Crippen LogP contribution in [-0.2, 0) is 4.74 Å². The van der Waals surface area contributed by atoms with E-state index in [1.165, 1.54) is 70.8 Å². The van der Waals surface area contributed by atoms with Crippen molar-refractivity contribution >= 4 is 0 Å². The van der Waals surface area contributed by atoms with Gasteiger partial charge >= 0.3 is 0 Å². The third-order valence-corrected chi connectivity index (χ3v) is 13.4. The highest BCUT2D eigenvalue weighted by Gasteiger charge is 2.71. The summed E-state index contributed by atoms with van der Waals surface area (Å²) in [7, 11) is 0. The molecule has 6 rings (SSSR count). The molecular weight excluding hydrogens is 378 g/mol. The summed E-state index contributed by atoms with van der Waals surface area (Å²) in [5, 5.41) is 3.89. The summed E-state index contributed by atoms with van der Waals surface area (Å²) >= 11 is 0.